The molecule has 0 aliphatic carbocycles. The Morgan fingerprint density at radius 3 is 2.60 bits per heavy atom. The van der Waals surface area contributed by atoms with Crippen LogP contribution in [0.5, 0.6) is 0 Å². The lowest BCUT2D eigenvalue weighted by molar-refractivity contribution is 0.959. The molecule has 2 N–H and O–H groups in total. The van der Waals surface area contributed by atoms with Crippen molar-refractivity contribution in [2.45, 2.75) is 6.42 Å². The summed E-state index contributed by atoms with van der Waals surface area (Å²) in [7, 11) is 0. The maximum absolute atomic E-state index is 5.56. The first-order valence-electron chi connectivity index (χ1n) is 4.97. The predicted octanol–water partition coefficient (Wildman–Crippen LogP) is 1.64. The van der Waals surface area contributed by atoms with Gasteiger partial charge in [0.15, 0.2) is 0 Å². The summed E-state index contributed by atoms with van der Waals surface area (Å²) in [5, 5.41) is 0. The molecule has 3 heteroatoms. The average molecular weight is 199 g/mol. The van der Waals surface area contributed by atoms with Gasteiger partial charge in [-0.2, -0.15) is 0 Å². The fraction of sp³-hybridized carbons (Fsp3) is 0.167. The second-order valence-corrected chi connectivity index (χ2v) is 3.26. The Balaban J connectivity index is 2.43. The molecule has 15 heavy (non-hydrogen) atoms. The van der Waals surface area contributed by atoms with Crippen molar-refractivity contribution in [1.82, 2.24) is 9.97 Å². The number of aromatic nitrogens is 2. The van der Waals surface area contributed by atoms with Gasteiger partial charge in [0.05, 0.1) is 11.4 Å². The Morgan fingerprint density at radius 1 is 1.00 bits per heavy atom. The van der Waals surface area contributed by atoms with E-state index in [0.29, 0.717) is 6.54 Å². The number of pyridine rings is 2. The molecule has 0 aromatic carbocycles. The van der Waals surface area contributed by atoms with Crippen LogP contribution < -0.4 is 5.73 Å². The first-order valence-corrected chi connectivity index (χ1v) is 4.97. The van der Waals surface area contributed by atoms with E-state index in [-0.39, 0.29) is 0 Å². The van der Waals surface area contributed by atoms with Crippen LogP contribution in [0.2, 0.25) is 0 Å². The number of nitrogens with zero attached hydrogens (tertiary/aromatic N) is 2. The predicted molar refractivity (Wildman–Crippen MR) is 60.2 cm³/mol. The van der Waals surface area contributed by atoms with Gasteiger partial charge in [0, 0.05) is 12.4 Å². The lowest BCUT2D eigenvalue weighted by Crippen LogP contribution is -2.05. The number of hydrogen-bond donors (Lipinski definition) is 1. The molecule has 2 heterocycles. The van der Waals surface area contributed by atoms with Crippen molar-refractivity contribution in [2.24, 2.45) is 5.73 Å². The van der Waals surface area contributed by atoms with E-state index in [2.05, 4.69) is 9.97 Å². The van der Waals surface area contributed by atoms with Gasteiger partial charge in [0.2, 0.25) is 0 Å². The molecule has 0 bridgehead atoms. The lowest BCUT2D eigenvalue weighted by atomic mass is 10.1. The van der Waals surface area contributed by atoms with Gasteiger partial charge in [-0.1, -0.05) is 12.1 Å². The largest absolute Gasteiger partial charge is 0.330 e. The van der Waals surface area contributed by atoms with Crippen LogP contribution in [0.1, 0.15) is 5.56 Å². The fourth-order valence-electron chi connectivity index (χ4n) is 1.53. The molecule has 0 aliphatic rings. The monoisotopic (exact) mass is 199 g/mol. The van der Waals surface area contributed by atoms with Gasteiger partial charge < -0.3 is 5.73 Å². The number of rotatable bonds is 3. The molecular weight excluding hydrogens is 186 g/mol. The minimum atomic E-state index is 0.630. The third-order valence-electron chi connectivity index (χ3n) is 2.21. The quantitative estimate of drug-likeness (QED) is 0.817. The highest BCUT2D eigenvalue weighted by molar-refractivity contribution is 5.58. The van der Waals surface area contributed by atoms with Crippen molar-refractivity contribution < 1.29 is 0 Å². The highest BCUT2D eigenvalue weighted by Gasteiger charge is 2.05. The maximum atomic E-state index is 5.56. The summed E-state index contributed by atoms with van der Waals surface area (Å²) in [6, 6.07) is 9.79. The van der Waals surface area contributed by atoms with Crippen LogP contribution in [0.25, 0.3) is 11.4 Å². The number of nitrogens with two attached hydrogens (primary N) is 1. The van der Waals surface area contributed by atoms with Gasteiger partial charge >= 0.3 is 0 Å². The molecule has 0 unspecified atom stereocenters. The van der Waals surface area contributed by atoms with Gasteiger partial charge in [-0.25, -0.2) is 0 Å². The fourth-order valence-corrected chi connectivity index (χ4v) is 1.53. The molecule has 0 atom stereocenters. The third-order valence-corrected chi connectivity index (χ3v) is 2.21. The van der Waals surface area contributed by atoms with E-state index >= 15 is 0 Å². The summed E-state index contributed by atoms with van der Waals surface area (Å²) >= 11 is 0. The molecule has 2 aromatic rings. The Bertz CT molecular complexity index is 426. The van der Waals surface area contributed by atoms with E-state index in [0.717, 1.165) is 23.4 Å². The van der Waals surface area contributed by atoms with Crippen molar-refractivity contribution in [2.75, 3.05) is 6.54 Å². The van der Waals surface area contributed by atoms with Gasteiger partial charge in [0.25, 0.3) is 0 Å². The van der Waals surface area contributed by atoms with Crippen molar-refractivity contribution in [1.29, 1.82) is 0 Å². The molecule has 0 saturated heterocycles. The SMILES string of the molecule is NCCc1cccnc1-c1ccccn1. The van der Waals surface area contributed by atoms with Crippen LogP contribution in [0.3, 0.4) is 0 Å². The molecule has 0 amide bonds. The summed E-state index contributed by atoms with van der Waals surface area (Å²) in [5.41, 5.74) is 8.55. The second-order valence-electron chi connectivity index (χ2n) is 3.26. The van der Waals surface area contributed by atoms with Gasteiger partial charge in [-0.3, -0.25) is 9.97 Å². The van der Waals surface area contributed by atoms with E-state index in [4.69, 9.17) is 5.73 Å². The minimum Gasteiger partial charge on any atom is -0.330 e. The zero-order valence-electron chi connectivity index (χ0n) is 8.43. The maximum Gasteiger partial charge on any atom is 0.0918 e. The molecule has 0 spiro atoms. The van der Waals surface area contributed by atoms with Crippen LogP contribution in [0.4, 0.5) is 0 Å². The summed E-state index contributed by atoms with van der Waals surface area (Å²) in [4.78, 5) is 8.64. The molecule has 0 radical (unpaired) electrons. The van der Waals surface area contributed by atoms with Crippen molar-refractivity contribution in [3.05, 3.63) is 48.3 Å². The number of hydrogen-bond acceptors (Lipinski definition) is 3. The Kier molecular flexibility index (Phi) is 3.05. The standard InChI is InChI=1S/C12H13N3/c13-7-6-10-4-3-9-15-12(10)11-5-1-2-8-14-11/h1-5,8-9H,6-7,13H2. The topological polar surface area (TPSA) is 51.8 Å². The summed E-state index contributed by atoms with van der Waals surface area (Å²) in [5.74, 6) is 0. The van der Waals surface area contributed by atoms with E-state index < -0.39 is 0 Å². The summed E-state index contributed by atoms with van der Waals surface area (Å²) in [6.07, 6.45) is 4.39. The molecular formula is C12H13N3. The van der Waals surface area contributed by atoms with E-state index in [1.165, 1.54) is 0 Å². The molecule has 3 nitrogen and oxygen atoms in total. The van der Waals surface area contributed by atoms with E-state index in [1.807, 2.05) is 30.3 Å². The summed E-state index contributed by atoms with van der Waals surface area (Å²) in [6.45, 7) is 0.630. The van der Waals surface area contributed by atoms with Crippen molar-refractivity contribution >= 4 is 0 Å². The first kappa shape index (κ1) is 9.80. The third kappa shape index (κ3) is 2.19. The van der Waals surface area contributed by atoms with Gasteiger partial charge in [0.1, 0.15) is 0 Å². The lowest BCUT2D eigenvalue weighted by Gasteiger charge is -2.05. The zero-order chi connectivity index (χ0) is 10.5. The Labute approximate surface area is 89.0 Å². The summed E-state index contributed by atoms with van der Waals surface area (Å²) < 4.78 is 0. The molecule has 0 saturated carbocycles. The highest BCUT2D eigenvalue weighted by Crippen LogP contribution is 2.18. The molecule has 76 valence electrons. The zero-order valence-corrected chi connectivity index (χ0v) is 8.43. The molecule has 2 aromatic heterocycles. The molecule has 2 rings (SSSR count). The Hall–Kier alpha value is -1.74. The van der Waals surface area contributed by atoms with Crippen LogP contribution in [-0.4, -0.2) is 16.5 Å². The van der Waals surface area contributed by atoms with Gasteiger partial charge in [-0.05, 0) is 36.7 Å². The minimum absolute atomic E-state index is 0.630. The molecule has 0 aliphatic heterocycles. The van der Waals surface area contributed by atoms with Crippen LogP contribution in [0.15, 0.2) is 42.7 Å². The van der Waals surface area contributed by atoms with E-state index in [9.17, 15) is 0 Å². The Morgan fingerprint density at radius 2 is 1.87 bits per heavy atom. The van der Waals surface area contributed by atoms with Crippen molar-refractivity contribution in [3.8, 4) is 11.4 Å². The highest BCUT2D eigenvalue weighted by atomic mass is 14.8. The average Bonchev–Trinajstić information content (AvgIpc) is 2.31. The smallest absolute Gasteiger partial charge is 0.0918 e. The second kappa shape index (κ2) is 4.66. The van der Waals surface area contributed by atoms with Crippen molar-refractivity contribution in [3.63, 3.8) is 0 Å². The first-order chi connectivity index (χ1) is 7.42. The molecule has 0 fully saturated rings. The van der Waals surface area contributed by atoms with Crippen LogP contribution in [0, 0.1) is 0 Å². The van der Waals surface area contributed by atoms with Gasteiger partial charge in [-0.15, -0.1) is 0 Å². The van der Waals surface area contributed by atoms with Crippen LogP contribution >= 0.6 is 0 Å². The van der Waals surface area contributed by atoms with Crippen LogP contribution in [-0.2, 0) is 6.42 Å². The normalized spacial score (nSPS) is 10.2. The van der Waals surface area contributed by atoms with E-state index in [1.54, 1.807) is 12.4 Å².